The average Bonchev–Trinajstić information content (AvgIpc) is 1.64. The van der Waals surface area contributed by atoms with Crippen LogP contribution < -0.4 is 0 Å². The fourth-order valence-electron chi connectivity index (χ4n) is 0.203. The van der Waals surface area contributed by atoms with Crippen LogP contribution in [0.2, 0.25) is 9.94 Å². The molecule has 0 unspecified atom stereocenters. The summed E-state index contributed by atoms with van der Waals surface area (Å²) < 4.78 is 6.80. The molecule has 0 heterocycles. The van der Waals surface area contributed by atoms with E-state index < -0.39 is 18.7 Å². The van der Waals surface area contributed by atoms with Gasteiger partial charge in [0.15, 0.2) is 0 Å². The van der Waals surface area contributed by atoms with Gasteiger partial charge in [-0.15, -0.1) is 0 Å². The van der Waals surface area contributed by atoms with Crippen LogP contribution in [-0.4, -0.2) is 30.9 Å². The summed E-state index contributed by atoms with van der Waals surface area (Å²) in [7, 11) is 0. The summed E-state index contributed by atoms with van der Waals surface area (Å²) in [6, 6.07) is 0. The van der Waals surface area contributed by atoms with E-state index in [0.29, 0.717) is 0 Å². The number of hydrogen-bond acceptors (Lipinski definition) is 4. The molecule has 0 radical (unpaired) electrons. The molecule has 0 atom stereocenters. The number of hydrogen-bond donors (Lipinski definition) is 0. The normalized spacial score (nSPS) is 10.9. The van der Waals surface area contributed by atoms with Gasteiger partial charge in [0.1, 0.15) is 0 Å². The van der Waals surface area contributed by atoms with Gasteiger partial charge in [0.2, 0.25) is 0 Å². The van der Waals surface area contributed by atoms with Gasteiger partial charge in [-0.05, 0) is 0 Å². The van der Waals surface area contributed by atoms with Gasteiger partial charge in [-0.2, -0.15) is 0 Å². The Morgan fingerprint density at radius 1 is 1.11 bits per heavy atom. The Labute approximate surface area is 57.2 Å². The molecular formula is C4H6N2O2Te. The van der Waals surface area contributed by atoms with Crippen LogP contribution in [-0.2, 0) is 9.59 Å². The van der Waals surface area contributed by atoms with Crippen molar-refractivity contribution in [1.29, 1.82) is 0 Å². The van der Waals surface area contributed by atoms with Crippen LogP contribution in [0.1, 0.15) is 0 Å². The third-order valence-electron chi connectivity index (χ3n) is 0.521. The minimum absolute atomic E-state index is 1.38. The molecule has 9 heavy (non-hydrogen) atoms. The van der Waals surface area contributed by atoms with Gasteiger partial charge in [-0.3, -0.25) is 0 Å². The predicted molar refractivity (Wildman–Crippen MR) is 33.7 cm³/mol. The van der Waals surface area contributed by atoms with Crippen molar-refractivity contribution in [1.82, 2.24) is 0 Å². The van der Waals surface area contributed by atoms with E-state index in [1.165, 1.54) is 12.2 Å². The third kappa shape index (κ3) is 4.08. The molecule has 0 saturated carbocycles. The Bertz CT molecular complexity index is 169. The number of carbonyl (C=O) groups excluding carboxylic acids is 2. The van der Waals surface area contributed by atoms with Crippen LogP contribution in [0.4, 0.5) is 0 Å². The topological polar surface area (TPSA) is 58.9 Å². The van der Waals surface area contributed by atoms with Crippen LogP contribution in [0.5, 0.6) is 0 Å². The van der Waals surface area contributed by atoms with Crippen LogP contribution in [0, 0.1) is 0 Å². The molecule has 0 amide bonds. The van der Waals surface area contributed by atoms with Gasteiger partial charge >= 0.3 is 56.9 Å². The Morgan fingerprint density at radius 2 is 1.44 bits per heavy atom. The second-order valence-corrected chi connectivity index (χ2v) is 9.59. The molecule has 0 aliphatic heterocycles. The zero-order valence-electron chi connectivity index (χ0n) is 5.12. The summed E-state index contributed by atoms with van der Waals surface area (Å²) in [5.41, 5.74) is 0. The molecule has 0 aromatic rings. The quantitative estimate of drug-likeness (QED) is 0.398. The monoisotopic (exact) mass is 244 g/mol. The first-order valence-corrected chi connectivity index (χ1v) is 8.78. The van der Waals surface area contributed by atoms with Crippen molar-refractivity contribution in [3.63, 3.8) is 0 Å². The van der Waals surface area contributed by atoms with E-state index >= 15 is 0 Å². The Kier molecular flexibility index (Phi) is 3.37. The maximum atomic E-state index is 9.66. The van der Waals surface area contributed by atoms with E-state index in [0.717, 1.165) is 0 Å². The fourth-order valence-corrected chi connectivity index (χ4v) is 1.36. The standard InChI is InChI=1S/C4H6N2O2Te/c1-9(2,5-3-7)6-4-8/h1-2H3. The zero-order valence-corrected chi connectivity index (χ0v) is 7.45. The first-order chi connectivity index (χ1) is 4.12. The fraction of sp³-hybridized carbons (Fsp3) is 0.500. The SMILES string of the molecule is C[Te](C)(N=C=O)N=C=O. The molecule has 50 valence electrons. The van der Waals surface area contributed by atoms with Crippen molar-refractivity contribution >= 4 is 30.9 Å². The second kappa shape index (κ2) is 3.55. The number of nitrogens with zero attached hydrogens (tertiary/aromatic N) is 2. The molecular weight excluding hydrogens is 236 g/mol. The van der Waals surface area contributed by atoms with Crippen LogP contribution >= 0.6 is 0 Å². The molecule has 4 nitrogen and oxygen atoms in total. The molecule has 0 aromatic heterocycles. The van der Waals surface area contributed by atoms with Crippen molar-refractivity contribution in [3.8, 4) is 0 Å². The van der Waals surface area contributed by atoms with Crippen molar-refractivity contribution in [2.75, 3.05) is 0 Å². The van der Waals surface area contributed by atoms with Crippen LogP contribution in [0.25, 0.3) is 0 Å². The van der Waals surface area contributed by atoms with Gasteiger partial charge in [0.25, 0.3) is 0 Å². The summed E-state index contributed by atoms with van der Waals surface area (Å²) in [6.45, 7) is 0. The average molecular weight is 242 g/mol. The Morgan fingerprint density at radius 3 is 1.67 bits per heavy atom. The van der Waals surface area contributed by atoms with E-state index in [4.69, 9.17) is 0 Å². The summed E-state index contributed by atoms with van der Waals surface area (Å²) in [5, 5.41) is 0. The van der Waals surface area contributed by atoms with Crippen molar-refractivity contribution in [3.05, 3.63) is 0 Å². The summed E-state index contributed by atoms with van der Waals surface area (Å²) in [4.78, 5) is 22.7. The van der Waals surface area contributed by atoms with Crippen molar-refractivity contribution < 1.29 is 9.59 Å². The molecule has 0 saturated heterocycles. The van der Waals surface area contributed by atoms with E-state index in [9.17, 15) is 9.59 Å². The Balaban J connectivity index is 4.36. The molecule has 0 bridgehead atoms. The predicted octanol–water partition coefficient (Wildman–Crippen LogP) is 0.360. The van der Waals surface area contributed by atoms with Crippen molar-refractivity contribution in [2.24, 2.45) is 6.49 Å². The molecule has 0 aliphatic carbocycles. The molecule has 0 N–H and O–H groups in total. The number of isocyanates is 2. The van der Waals surface area contributed by atoms with E-state index in [2.05, 4.69) is 6.49 Å². The van der Waals surface area contributed by atoms with Gasteiger partial charge in [0, 0.05) is 0 Å². The van der Waals surface area contributed by atoms with Crippen LogP contribution in [0.15, 0.2) is 6.49 Å². The van der Waals surface area contributed by atoms with Crippen LogP contribution in [0.3, 0.4) is 0 Å². The molecule has 5 heteroatoms. The molecule has 0 aromatic carbocycles. The molecule has 0 fully saturated rings. The first-order valence-electron chi connectivity index (χ1n) is 2.04. The summed E-state index contributed by atoms with van der Waals surface area (Å²) in [5.74, 6) is 0. The van der Waals surface area contributed by atoms with Crippen molar-refractivity contribution in [2.45, 2.75) is 9.94 Å². The van der Waals surface area contributed by atoms with Gasteiger partial charge in [0.05, 0.1) is 0 Å². The Hall–Kier alpha value is -0.450. The van der Waals surface area contributed by atoms with E-state index in [-0.39, 0.29) is 0 Å². The van der Waals surface area contributed by atoms with E-state index in [1.54, 1.807) is 9.94 Å². The molecule has 0 aliphatic rings. The summed E-state index contributed by atoms with van der Waals surface area (Å²) >= 11 is -2.78. The third-order valence-corrected chi connectivity index (χ3v) is 3.50. The molecule has 0 spiro atoms. The summed E-state index contributed by atoms with van der Waals surface area (Å²) in [6.07, 6.45) is 2.76. The number of rotatable bonds is 2. The first kappa shape index (κ1) is 8.55. The van der Waals surface area contributed by atoms with E-state index in [1.807, 2.05) is 0 Å². The molecule has 0 rings (SSSR count). The van der Waals surface area contributed by atoms with Gasteiger partial charge in [-0.25, -0.2) is 0 Å². The van der Waals surface area contributed by atoms with Gasteiger partial charge in [-0.1, -0.05) is 0 Å². The zero-order chi connectivity index (χ0) is 7.33. The maximum absolute atomic E-state index is 9.66. The van der Waals surface area contributed by atoms with Gasteiger partial charge < -0.3 is 0 Å². The minimum atomic E-state index is -2.78. The second-order valence-electron chi connectivity index (χ2n) is 1.59.